The first-order chi connectivity index (χ1) is 12.0. The van der Waals surface area contributed by atoms with Gasteiger partial charge in [0.05, 0.1) is 0 Å². The van der Waals surface area contributed by atoms with Crippen LogP contribution in [0.5, 0.6) is 0 Å². The average molecular weight is 348 g/mol. The number of carbonyl (C=O) groups is 2. The molecule has 0 saturated heterocycles. The van der Waals surface area contributed by atoms with E-state index in [0.717, 1.165) is 24.8 Å². The Morgan fingerprint density at radius 1 is 1.00 bits per heavy atom. The fraction of sp³-hybridized carbons (Fsp3) is 0.619. The summed E-state index contributed by atoms with van der Waals surface area (Å²) in [6.45, 7) is 5.49. The summed E-state index contributed by atoms with van der Waals surface area (Å²) in [5, 5.41) is 0. The third-order valence-electron chi connectivity index (χ3n) is 4.40. The molecule has 25 heavy (non-hydrogen) atoms. The van der Waals surface area contributed by atoms with E-state index >= 15 is 0 Å². The third kappa shape index (κ3) is 9.28. The van der Waals surface area contributed by atoms with E-state index in [1.54, 1.807) is 0 Å². The number of carbonyl (C=O) groups excluding carboxylic acids is 2. The number of benzene rings is 1. The molecule has 0 atom stereocenters. The zero-order chi connectivity index (χ0) is 18.5. The fourth-order valence-corrected chi connectivity index (χ4v) is 3.16. The van der Waals surface area contributed by atoms with Crippen molar-refractivity contribution in [1.29, 1.82) is 0 Å². The van der Waals surface area contributed by atoms with Crippen molar-refractivity contribution in [2.45, 2.75) is 84.3 Å². The molecule has 0 unspecified atom stereocenters. The molecule has 2 rings (SSSR count). The molecule has 0 bridgehead atoms. The van der Waals surface area contributed by atoms with Crippen molar-refractivity contribution < 1.29 is 19.1 Å². The summed E-state index contributed by atoms with van der Waals surface area (Å²) >= 11 is 0. The van der Waals surface area contributed by atoms with Crippen LogP contribution in [0.25, 0.3) is 0 Å². The largest absolute Gasteiger partial charge is 0.461 e. The number of rotatable bonds is 6. The van der Waals surface area contributed by atoms with E-state index < -0.39 is 0 Å². The standard InChI is InChI=1S/C12H22O2.C9H10O2/c1-3-4-8-12(14-11(2)13)9-6-5-7-10-12;1-8(10)11-7-9-5-3-2-4-6-9/h3-10H2,1-2H3;2-6H,7H2,1H3. The summed E-state index contributed by atoms with van der Waals surface area (Å²) < 4.78 is 10.3. The van der Waals surface area contributed by atoms with Gasteiger partial charge in [-0.2, -0.15) is 0 Å². The Morgan fingerprint density at radius 3 is 2.16 bits per heavy atom. The van der Waals surface area contributed by atoms with Gasteiger partial charge < -0.3 is 9.47 Å². The monoisotopic (exact) mass is 348 g/mol. The first-order valence-electron chi connectivity index (χ1n) is 9.34. The zero-order valence-corrected chi connectivity index (χ0v) is 15.9. The van der Waals surface area contributed by atoms with Crippen molar-refractivity contribution in [3.63, 3.8) is 0 Å². The molecular weight excluding hydrogens is 316 g/mol. The molecule has 1 saturated carbocycles. The highest BCUT2D eigenvalue weighted by molar-refractivity contribution is 5.66. The maximum Gasteiger partial charge on any atom is 0.303 e. The topological polar surface area (TPSA) is 52.6 Å². The van der Waals surface area contributed by atoms with Crippen LogP contribution >= 0.6 is 0 Å². The summed E-state index contributed by atoms with van der Waals surface area (Å²) in [4.78, 5) is 21.5. The first-order valence-corrected chi connectivity index (χ1v) is 9.34. The number of ether oxygens (including phenoxy) is 2. The minimum absolute atomic E-state index is 0.0971. The first kappa shape index (κ1) is 21.2. The molecular formula is C21H32O4. The Hall–Kier alpha value is -1.84. The van der Waals surface area contributed by atoms with Gasteiger partial charge in [-0.1, -0.05) is 50.1 Å². The molecule has 4 heteroatoms. The highest BCUT2D eigenvalue weighted by Crippen LogP contribution is 2.35. The van der Waals surface area contributed by atoms with Crippen LogP contribution in [0.3, 0.4) is 0 Å². The second kappa shape index (κ2) is 11.7. The molecule has 1 fully saturated rings. The Kier molecular flexibility index (Phi) is 9.90. The lowest BCUT2D eigenvalue weighted by atomic mass is 9.81. The van der Waals surface area contributed by atoms with Crippen molar-refractivity contribution in [2.75, 3.05) is 0 Å². The van der Waals surface area contributed by atoms with Gasteiger partial charge in [-0.3, -0.25) is 9.59 Å². The molecule has 0 spiro atoms. The molecule has 0 aromatic heterocycles. The molecule has 1 aliphatic rings. The van der Waals surface area contributed by atoms with Crippen LogP contribution in [-0.2, 0) is 25.7 Å². The SMILES string of the molecule is CC(=O)OCc1ccccc1.CCCCC1(OC(C)=O)CCCCC1. The Bertz CT molecular complexity index is 504. The molecule has 140 valence electrons. The van der Waals surface area contributed by atoms with Gasteiger partial charge in [-0.25, -0.2) is 0 Å². The fourth-order valence-electron chi connectivity index (χ4n) is 3.16. The number of unbranched alkanes of at least 4 members (excludes halogenated alkanes) is 1. The molecule has 1 aromatic carbocycles. The van der Waals surface area contributed by atoms with Crippen molar-refractivity contribution in [2.24, 2.45) is 0 Å². The third-order valence-corrected chi connectivity index (χ3v) is 4.40. The summed E-state index contributed by atoms with van der Waals surface area (Å²) in [6.07, 6.45) is 9.31. The van der Waals surface area contributed by atoms with E-state index in [-0.39, 0.29) is 17.5 Å². The van der Waals surface area contributed by atoms with Crippen molar-refractivity contribution in [1.82, 2.24) is 0 Å². The summed E-state index contributed by atoms with van der Waals surface area (Å²) in [7, 11) is 0. The van der Waals surface area contributed by atoms with Crippen LogP contribution in [0.1, 0.15) is 77.7 Å². The van der Waals surface area contributed by atoms with Gasteiger partial charge in [0.15, 0.2) is 0 Å². The van der Waals surface area contributed by atoms with Crippen LogP contribution in [-0.4, -0.2) is 17.5 Å². The Balaban J connectivity index is 0.000000257. The number of hydrogen-bond donors (Lipinski definition) is 0. The highest BCUT2D eigenvalue weighted by atomic mass is 16.6. The van der Waals surface area contributed by atoms with Gasteiger partial charge in [0.25, 0.3) is 0 Å². The lowest BCUT2D eigenvalue weighted by molar-refractivity contribution is -0.161. The van der Waals surface area contributed by atoms with Gasteiger partial charge in [-0.15, -0.1) is 0 Å². The maximum atomic E-state index is 11.1. The van der Waals surface area contributed by atoms with Gasteiger partial charge in [0, 0.05) is 13.8 Å². The summed E-state index contributed by atoms with van der Waals surface area (Å²) in [5.41, 5.74) is 0.919. The molecule has 1 aliphatic carbocycles. The maximum absolute atomic E-state index is 11.1. The van der Waals surface area contributed by atoms with Crippen molar-refractivity contribution in [3.05, 3.63) is 35.9 Å². The molecule has 4 nitrogen and oxygen atoms in total. The quantitative estimate of drug-likeness (QED) is 0.664. The van der Waals surface area contributed by atoms with Crippen LogP contribution < -0.4 is 0 Å². The molecule has 1 aromatic rings. The van der Waals surface area contributed by atoms with Gasteiger partial charge >= 0.3 is 11.9 Å². The van der Waals surface area contributed by atoms with Gasteiger partial charge in [0.2, 0.25) is 0 Å². The molecule has 0 aliphatic heterocycles. The van der Waals surface area contributed by atoms with E-state index in [0.29, 0.717) is 6.61 Å². The van der Waals surface area contributed by atoms with E-state index in [2.05, 4.69) is 6.92 Å². The predicted molar refractivity (Wildman–Crippen MR) is 99.0 cm³/mol. The molecule has 0 amide bonds. The molecule has 0 radical (unpaired) electrons. The lowest BCUT2D eigenvalue weighted by Crippen LogP contribution is -2.36. The summed E-state index contributed by atoms with van der Waals surface area (Å²) in [5.74, 6) is -0.350. The van der Waals surface area contributed by atoms with E-state index in [9.17, 15) is 9.59 Å². The minimum Gasteiger partial charge on any atom is -0.461 e. The Morgan fingerprint density at radius 2 is 1.64 bits per heavy atom. The summed E-state index contributed by atoms with van der Waals surface area (Å²) in [6, 6.07) is 9.60. The smallest absolute Gasteiger partial charge is 0.303 e. The second-order valence-corrected chi connectivity index (χ2v) is 6.71. The number of esters is 2. The van der Waals surface area contributed by atoms with Crippen molar-refractivity contribution in [3.8, 4) is 0 Å². The Labute approximate surface area is 151 Å². The average Bonchev–Trinajstić information content (AvgIpc) is 2.60. The van der Waals surface area contributed by atoms with E-state index in [1.165, 1.54) is 46.0 Å². The van der Waals surface area contributed by atoms with Crippen LogP contribution in [0.15, 0.2) is 30.3 Å². The normalized spacial score (nSPS) is 15.5. The minimum atomic E-state index is -0.242. The molecule has 0 heterocycles. The van der Waals surface area contributed by atoms with E-state index in [1.807, 2.05) is 30.3 Å². The van der Waals surface area contributed by atoms with E-state index in [4.69, 9.17) is 9.47 Å². The van der Waals surface area contributed by atoms with Crippen LogP contribution in [0, 0.1) is 0 Å². The predicted octanol–water partition coefficient (Wildman–Crippen LogP) is 5.19. The number of hydrogen-bond acceptors (Lipinski definition) is 4. The van der Waals surface area contributed by atoms with Crippen molar-refractivity contribution >= 4 is 11.9 Å². The lowest BCUT2D eigenvalue weighted by Gasteiger charge is -2.36. The van der Waals surface area contributed by atoms with Crippen LogP contribution in [0.2, 0.25) is 0 Å². The van der Waals surface area contributed by atoms with Crippen LogP contribution in [0.4, 0.5) is 0 Å². The van der Waals surface area contributed by atoms with Gasteiger partial charge in [-0.05, 0) is 44.1 Å². The molecule has 0 N–H and O–H groups in total. The zero-order valence-electron chi connectivity index (χ0n) is 15.9. The van der Waals surface area contributed by atoms with Gasteiger partial charge in [0.1, 0.15) is 12.2 Å². The second-order valence-electron chi connectivity index (χ2n) is 6.71. The highest BCUT2D eigenvalue weighted by Gasteiger charge is 2.34.